The Labute approximate surface area is 65.4 Å². The highest BCUT2D eigenvalue weighted by atomic mass is 19.1. The van der Waals surface area contributed by atoms with Crippen molar-refractivity contribution < 1.29 is 14.3 Å². The molecule has 0 saturated carbocycles. The van der Waals surface area contributed by atoms with Gasteiger partial charge in [-0.2, -0.15) is 0 Å². The van der Waals surface area contributed by atoms with Crippen LogP contribution in [0.3, 0.4) is 0 Å². The Hall–Kier alpha value is -0.415. The topological polar surface area (TPSA) is 40.5 Å². The van der Waals surface area contributed by atoms with Gasteiger partial charge in [0.25, 0.3) is 7.41 Å². The monoisotopic (exact) mass is 158 g/mol. The lowest BCUT2D eigenvalue weighted by molar-refractivity contribution is 0.0301. The molecule has 1 saturated heterocycles. The van der Waals surface area contributed by atoms with E-state index in [-0.39, 0.29) is 6.54 Å². The van der Waals surface area contributed by atoms with Crippen LogP contribution in [0.25, 0.3) is 0 Å². The molecule has 0 spiro atoms. The highest BCUT2D eigenvalue weighted by Gasteiger charge is 2.26. The van der Waals surface area contributed by atoms with Crippen molar-refractivity contribution in [1.82, 2.24) is 4.81 Å². The SMILES string of the molecule is O=C[B]N1CC[C@H](O)[C@H](F)C1. The van der Waals surface area contributed by atoms with Crippen LogP contribution in [0.2, 0.25) is 0 Å². The first-order valence-electron chi connectivity index (χ1n) is 3.59. The average Bonchev–Trinajstić information content (AvgIpc) is 1.98. The summed E-state index contributed by atoms with van der Waals surface area (Å²) in [6, 6.07) is 0. The minimum atomic E-state index is -1.22. The first kappa shape index (κ1) is 8.68. The number of piperidine rings is 1. The van der Waals surface area contributed by atoms with Gasteiger partial charge >= 0.3 is 0 Å². The largest absolute Gasteiger partial charge is 0.390 e. The average molecular weight is 158 g/mol. The second-order valence-corrected chi connectivity index (χ2v) is 2.65. The van der Waals surface area contributed by atoms with E-state index in [1.165, 1.54) is 7.41 Å². The minimum absolute atomic E-state index is 0.125. The summed E-state index contributed by atoms with van der Waals surface area (Å²) in [5.41, 5.74) is 0. The van der Waals surface area contributed by atoms with Crippen molar-refractivity contribution in [3.05, 3.63) is 0 Å². The normalized spacial score (nSPS) is 33.3. The molecule has 1 heterocycles. The first-order chi connectivity index (χ1) is 5.24. The molecule has 3 nitrogen and oxygen atoms in total. The smallest absolute Gasteiger partial charge is 0.293 e. The molecule has 0 aliphatic carbocycles. The van der Waals surface area contributed by atoms with Gasteiger partial charge < -0.3 is 14.7 Å². The minimum Gasteiger partial charge on any atom is -0.390 e. The van der Waals surface area contributed by atoms with Crippen LogP contribution >= 0.6 is 0 Å². The van der Waals surface area contributed by atoms with Crippen LogP contribution in [-0.2, 0) is 4.79 Å². The number of hydrogen-bond acceptors (Lipinski definition) is 3. The zero-order chi connectivity index (χ0) is 8.27. The Morgan fingerprint density at radius 2 is 2.45 bits per heavy atom. The number of aliphatic hydroxyl groups excluding tert-OH is 1. The summed E-state index contributed by atoms with van der Waals surface area (Å²) in [5, 5.41) is 8.96. The van der Waals surface area contributed by atoms with Crippen molar-refractivity contribution in [3.8, 4) is 0 Å². The predicted molar refractivity (Wildman–Crippen MR) is 39.6 cm³/mol. The lowest BCUT2D eigenvalue weighted by Crippen LogP contribution is -2.46. The van der Waals surface area contributed by atoms with Crippen molar-refractivity contribution in [1.29, 1.82) is 0 Å². The number of rotatable bonds is 2. The van der Waals surface area contributed by atoms with Crippen LogP contribution in [-0.4, -0.2) is 48.9 Å². The second-order valence-electron chi connectivity index (χ2n) is 2.65. The maximum absolute atomic E-state index is 12.7. The van der Waals surface area contributed by atoms with Gasteiger partial charge in [-0.15, -0.1) is 0 Å². The van der Waals surface area contributed by atoms with Gasteiger partial charge in [0, 0.05) is 6.54 Å². The molecule has 11 heavy (non-hydrogen) atoms. The molecule has 61 valence electrons. The molecule has 1 aliphatic heterocycles. The van der Waals surface area contributed by atoms with Crippen LogP contribution in [0.15, 0.2) is 0 Å². The third kappa shape index (κ3) is 2.27. The second kappa shape index (κ2) is 3.83. The summed E-state index contributed by atoms with van der Waals surface area (Å²) in [4.78, 5) is 11.6. The molecule has 0 aromatic heterocycles. The quantitative estimate of drug-likeness (QED) is 0.422. The fourth-order valence-corrected chi connectivity index (χ4v) is 1.14. The maximum atomic E-state index is 12.7. The van der Waals surface area contributed by atoms with Gasteiger partial charge in [-0.05, 0) is 13.0 Å². The fourth-order valence-electron chi connectivity index (χ4n) is 1.14. The summed E-state index contributed by atoms with van der Waals surface area (Å²) in [6.45, 7) is 0.681. The Morgan fingerprint density at radius 3 is 3.00 bits per heavy atom. The number of nitrogens with zero attached hydrogens (tertiary/aromatic N) is 1. The van der Waals surface area contributed by atoms with E-state index < -0.39 is 12.3 Å². The zero-order valence-electron chi connectivity index (χ0n) is 6.11. The number of halogens is 1. The molecule has 0 unspecified atom stereocenters. The van der Waals surface area contributed by atoms with E-state index >= 15 is 0 Å². The third-order valence-corrected chi connectivity index (χ3v) is 1.81. The van der Waals surface area contributed by atoms with Gasteiger partial charge in [-0.25, -0.2) is 4.39 Å². The van der Waals surface area contributed by atoms with Crippen molar-refractivity contribution >= 4 is 13.6 Å². The molecule has 0 amide bonds. The van der Waals surface area contributed by atoms with E-state index in [4.69, 9.17) is 5.11 Å². The van der Waals surface area contributed by atoms with Crippen molar-refractivity contribution in [2.75, 3.05) is 13.1 Å². The van der Waals surface area contributed by atoms with Crippen molar-refractivity contribution in [3.63, 3.8) is 0 Å². The van der Waals surface area contributed by atoms with E-state index in [0.29, 0.717) is 19.2 Å². The first-order valence-corrected chi connectivity index (χ1v) is 3.59. The Morgan fingerprint density at radius 1 is 1.73 bits per heavy atom. The van der Waals surface area contributed by atoms with Crippen LogP contribution in [0, 0.1) is 0 Å². The van der Waals surface area contributed by atoms with Gasteiger partial charge in [0.05, 0.1) is 12.3 Å². The highest BCUT2D eigenvalue weighted by Crippen LogP contribution is 2.12. The van der Waals surface area contributed by atoms with Crippen molar-refractivity contribution in [2.24, 2.45) is 0 Å². The van der Waals surface area contributed by atoms with Gasteiger partial charge in [-0.3, -0.25) is 0 Å². The standard InChI is InChI=1S/C6H10BFNO2/c8-5-3-9(7-4-10)2-1-6(5)11/h4-6,11H,1-3H2/t5-,6+/m1/s1. The molecule has 1 rings (SSSR count). The van der Waals surface area contributed by atoms with E-state index in [2.05, 4.69) is 0 Å². The number of carbonyl (C=O) groups excluding carboxylic acids is 1. The summed E-state index contributed by atoms with van der Waals surface area (Å²) >= 11 is 0. The predicted octanol–water partition coefficient (Wildman–Crippen LogP) is -0.800. The molecule has 0 bridgehead atoms. The molecule has 5 heteroatoms. The van der Waals surface area contributed by atoms with E-state index in [1.807, 2.05) is 0 Å². The maximum Gasteiger partial charge on any atom is 0.293 e. The van der Waals surface area contributed by atoms with E-state index in [0.717, 1.165) is 0 Å². The van der Waals surface area contributed by atoms with E-state index in [1.54, 1.807) is 4.81 Å². The molecule has 0 aromatic carbocycles. The lowest BCUT2D eigenvalue weighted by Gasteiger charge is -2.30. The lowest BCUT2D eigenvalue weighted by atomic mass is 9.90. The Balaban J connectivity index is 2.33. The molecule has 1 fully saturated rings. The highest BCUT2D eigenvalue weighted by molar-refractivity contribution is 6.64. The van der Waals surface area contributed by atoms with Crippen LogP contribution < -0.4 is 0 Å². The summed E-state index contributed by atoms with van der Waals surface area (Å²) in [5.74, 6) is 0. The summed E-state index contributed by atoms with van der Waals surface area (Å²) in [7, 11) is 1.30. The molecular weight excluding hydrogens is 148 g/mol. The van der Waals surface area contributed by atoms with Crippen LogP contribution in [0.4, 0.5) is 4.39 Å². The summed E-state index contributed by atoms with van der Waals surface area (Å²) < 4.78 is 12.7. The summed E-state index contributed by atoms with van der Waals surface area (Å²) in [6.07, 6.45) is -1.05. The number of alkyl halides is 1. The van der Waals surface area contributed by atoms with Gasteiger partial charge in [-0.1, -0.05) is 0 Å². The fraction of sp³-hybridized carbons (Fsp3) is 0.833. The van der Waals surface area contributed by atoms with Crippen molar-refractivity contribution in [2.45, 2.75) is 18.7 Å². The number of hydrogen-bond donors (Lipinski definition) is 1. The van der Waals surface area contributed by atoms with E-state index in [9.17, 15) is 9.18 Å². The van der Waals surface area contributed by atoms with Crippen LogP contribution in [0.1, 0.15) is 6.42 Å². The molecule has 1 N–H and O–H groups in total. The molecule has 1 radical (unpaired) electrons. The molecule has 0 aromatic rings. The zero-order valence-corrected chi connectivity index (χ0v) is 6.11. The number of aliphatic hydroxyl groups is 1. The Bertz CT molecular complexity index is 147. The van der Waals surface area contributed by atoms with Gasteiger partial charge in [0.1, 0.15) is 6.17 Å². The third-order valence-electron chi connectivity index (χ3n) is 1.81. The van der Waals surface area contributed by atoms with Crippen LogP contribution in [0.5, 0.6) is 0 Å². The Kier molecular flexibility index (Phi) is 3.02. The molecule has 2 atom stereocenters. The molecular formula is C6H10BFNO2. The van der Waals surface area contributed by atoms with Gasteiger partial charge in [0.2, 0.25) is 0 Å². The molecule has 1 aliphatic rings. The number of carbonyl (C=O) groups is 1. The van der Waals surface area contributed by atoms with Gasteiger partial charge in [0.15, 0.2) is 0 Å².